The van der Waals surface area contributed by atoms with Crippen molar-refractivity contribution in [1.29, 1.82) is 0 Å². The molecular formula is C54H88O22. The molecule has 0 amide bonds. The summed E-state index contributed by atoms with van der Waals surface area (Å²) in [5.41, 5.74) is -0.775. The van der Waals surface area contributed by atoms with Gasteiger partial charge in [0.1, 0.15) is 85.5 Å². The Kier molecular flexibility index (Phi) is 15.8. The van der Waals surface area contributed by atoms with Crippen LogP contribution in [-0.4, -0.2) is 228 Å². The van der Waals surface area contributed by atoms with E-state index in [0.717, 1.165) is 44.1 Å². The van der Waals surface area contributed by atoms with Crippen molar-refractivity contribution in [3.63, 3.8) is 0 Å². The van der Waals surface area contributed by atoms with Gasteiger partial charge in [-0.2, -0.15) is 0 Å². The Morgan fingerprint density at radius 2 is 1.32 bits per heavy atom. The summed E-state index contributed by atoms with van der Waals surface area (Å²) in [5, 5.41) is 132. The van der Waals surface area contributed by atoms with Crippen LogP contribution < -0.4 is 0 Å². The number of rotatable bonds is 13. The van der Waals surface area contributed by atoms with Gasteiger partial charge in [-0.25, -0.2) is 0 Å². The van der Waals surface area contributed by atoms with Crippen LogP contribution >= 0.6 is 0 Å². The van der Waals surface area contributed by atoms with E-state index in [-0.39, 0.29) is 52.6 Å². The molecular weight excluding hydrogens is 1000 g/mol. The molecule has 22 heteroatoms. The summed E-state index contributed by atoms with van der Waals surface area (Å²) in [7, 11) is 0. The van der Waals surface area contributed by atoms with Crippen LogP contribution in [0.3, 0.4) is 0 Å². The normalized spacial score (nSPS) is 57.0. The largest absolute Gasteiger partial charge is 0.394 e. The maximum absolute atomic E-state index is 12.4. The second-order valence-corrected chi connectivity index (χ2v) is 26.2. The summed E-state index contributed by atoms with van der Waals surface area (Å²) < 4.78 is 61.1. The van der Waals surface area contributed by atoms with E-state index < -0.39 is 153 Å². The highest BCUT2D eigenvalue weighted by molar-refractivity contribution is 5.27. The molecule has 6 saturated heterocycles. The molecule has 0 radical (unpaired) electrons. The van der Waals surface area contributed by atoms with E-state index in [1.165, 1.54) is 6.92 Å². The minimum atomic E-state index is -1.94. The first-order chi connectivity index (χ1) is 35.6. The zero-order chi connectivity index (χ0) is 55.1. The lowest BCUT2D eigenvalue weighted by Crippen LogP contribution is -2.67. The number of aliphatic hydroxyl groups excluding tert-OH is 11. The molecule has 31 atom stereocenters. The molecule has 0 aromatic rings. The Hall–Kier alpha value is -1.14. The standard InChI is InChI=1S/C54H88O22/c1-22(2)23(3)16-32-52(9,66)44-25-10-11-30-50(7)14-13-31(49(5,6)29(50)12-15-51(30,8)53(25)20-54(44,76-32)69-21-53)73-48-41(65)43(36(60)27(17-55)71-48)75-47-40(64)42(33(57)24(4)70-47)74-46-39(63)37(61)35(59)28(72-46)19-68-45-38(62)34(58)26(56)18-67-45/h23-48,55-66H,1,10-21H2,2-9H3/t23-,24+,25+,26+,27+,28+,29-,30+,31-,32+,33-,34+,35+,36-,37+,38-,39+,40+,41+,42-,43+,44-,45-,46-,47-,48-,50-,51+,52-,53-,54-/m0/s1. The first-order valence-electron chi connectivity index (χ1n) is 27.9. The first-order valence-corrected chi connectivity index (χ1v) is 27.9. The van der Waals surface area contributed by atoms with Gasteiger partial charge < -0.3 is 109 Å². The highest BCUT2D eigenvalue weighted by Gasteiger charge is 2.83. The van der Waals surface area contributed by atoms with Crippen molar-refractivity contribution < 1.29 is 109 Å². The first kappa shape index (κ1) is 58.1. The summed E-state index contributed by atoms with van der Waals surface area (Å²) in [6, 6.07) is 0. The van der Waals surface area contributed by atoms with Gasteiger partial charge in [-0.3, -0.25) is 0 Å². The molecule has 76 heavy (non-hydrogen) atoms. The van der Waals surface area contributed by atoms with Crippen molar-refractivity contribution in [3.8, 4) is 0 Å². The second kappa shape index (κ2) is 20.6. The number of aliphatic hydroxyl groups is 12. The van der Waals surface area contributed by atoms with Gasteiger partial charge in [-0.1, -0.05) is 46.8 Å². The predicted molar refractivity (Wildman–Crippen MR) is 261 cm³/mol. The van der Waals surface area contributed by atoms with Crippen LogP contribution in [0.5, 0.6) is 0 Å². The second-order valence-electron chi connectivity index (χ2n) is 26.2. The molecule has 0 aromatic carbocycles. The van der Waals surface area contributed by atoms with E-state index in [9.17, 15) is 61.3 Å². The van der Waals surface area contributed by atoms with Crippen LogP contribution in [0.25, 0.3) is 0 Å². The molecule has 22 nitrogen and oxygen atoms in total. The molecule has 0 aromatic heterocycles. The van der Waals surface area contributed by atoms with Crippen LogP contribution in [0.2, 0.25) is 0 Å². The third-order valence-corrected chi connectivity index (χ3v) is 21.7. The Bertz CT molecular complexity index is 2080. The fraction of sp³-hybridized carbons (Fsp3) is 0.963. The Morgan fingerprint density at radius 3 is 1.99 bits per heavy atom. The molecule has 436 valence electrons. The molecule has 4 aliphatic carbocycles. The predicted octanol–water partition coefficient (Wildman–Crippen LogP) is -0.935. The van der Waals surface area contributed by atoms with E-state index in [4.69, 9.17) is 47.4 Å². The van der Waals surface area contributed by atoms with E-state index in [0.29, 0.717) is 25.4 Å². The van der Waals surface area contributed by atoms with Gasteiger partial charge in [-0.05, 0) is 106 Å². The van der Waals surface area contributed by atoms with Crippen molar-refractivity contribution in [3.05, 3.63) is 12.2 Å². The molecule has 4 saturated carbocycles. The van der Waals surface area contributed by atoms with Gasteiger partial charge in [0.15, 0.2) is 30.9 Å². The van der Waals surface area contributed by atoms with Gasteiger partial charge in [0, 0.05) is 17.8 Å². The molecule has 6 aliphatic heterocycles. The summed E-state index contributed by atoms with van der Waals surface area (Å²) in [6.45, 7) is 20.0. The van der Waals surface area contributed by atoms with Crippen molar-refractivity contribution in [2.24, 2.45) is 51.2 Å². The van der Waals surface area contributed by atoms with Gasteiger partial charge in [0.25, 0.3) is 0 Å². The summed E-state index contributed by atoms with van der Waals surface area (Å²) in [5.74, 6) is 0.0630. The smallest absolute Gasteiger partial charge is 0.187 e. The van der Waals surface area contributed by atoms with Gasteiger partial charge in [-0.15, -0.1) is 0 Å². The minimum Gasteiger partial charge on any atom is -0.394 e. The maximum atomic E-state index is 12.4. The molecule has 2 bridgehead atoms. The molecule has 6 heterocycles. The molecule has 10 rings (SSSR count). The van der Waals surface area contributed by atoms with E-state index >= 15 is 0 Å². The molecule has 2 spiro atoms. The quantitative estimate of drug-likeness (QED) is 0.0783. The van der Waals surface area contributed by atoms with E-state index in [1.807, 2.05) is 13.8 Å². The van der Waals surface area contributed by atoms with Gasteiger partial charge >= 0.3 is 0 Å². The highest BCUT2D eigenvalue weighted by Crippen LogP contribution is 2.81. The molecule has 10 aliphatic rings. The average molecular weight is 1090 g/mol. The van der Waals surface area contributed by atoms with Crippen LogP contribution in [0, 0.1) is 51.2 Å². The van der Waals surface area contributed by atoms with Crippen LogP contribution in [-0.2, 0) is 47.4 Å². The van der Waals surface area contributed by atoms with Crippen LogP contribution in [0.1, 0.15) is 107 Å². The lowest BCUT2D eigenvalue weighted by molar-refractivity contribution is -0.384. The lowest BCUT2D eigenvalue weighted by atomic mass is 9.35. The summed E-state index contributed by atoms with van der Waals surface area (Å²) >= 11 is 0. The summed E-state index contributed by atoms with van der Waals surface area (Å²) in [4.78, 5) is 0. The third-order valence-electron chi connectivity index (χ3n) is 21.7. The summed E-state index contributed by atoms with van der Waals surface area (Å²) in [6.07, 6.45) is -24.8. The minimum absolute atomic E-state index is 0.0853. The Morgan fingerprint density at radius 1 is 0.684 bits per heavy atom. The van der Waals surface area contributed by atoms with Crippen molar-refractivity contribution in [1.82, 2.24) is 0 Å². The van der Waals surface area contributed by atoms with Gasteiger partial charge in [0.05, 0.1) is 50.3 Å². The highest BCUT2D eigenvalue weighted by atomic mass is 16.8. The number of ether oxygens (including phenoxy) is 10. The molecule has 10 fully saturated rings. The number of allylic oxidation sites excluding steroid dienone is 1. The molecule has 0 unspecified atom stereocenters. The number of hydrogen-bond donors (Lipinski definition) is 12. The molecule has 12 N–H and O–H groups in total. The lowest BCUT2D eigenvalue weighted by Gasteiger charge is -2.70. The van der Waals surface area contributed by atoms with E-state index in [2.05, 4.69) is 41.2 Å². The Balaban J connectivity index is 0.805. The monoisotopic (exact) mass is 1090 g/mol. The Labute approximate surface area is 444 Å². The number of fused-ring (bicyclic) bond motifs is 4. The fourth-order valence-corrected chi connectivity index (χ4v) is 17.2. The zero-order valence-corrected chi connectivity index (χ0v) is 45.2. The van der Waals surface area contributed by atoms with Gasteiger partial charge in [0.2, 0.25) is 0 Å². The van der Waals surface area contributed by atoms with Crippen LogP contribution in [0.15, 0.2) is 12.2 Å². The van der Waals surface area contributed by atoms with Crippen molar-refractivity contribution >= 4 is 0 Å². The average Bonchev–Trinajstić information content (AvgIpc) is 4.17. The zero-order valence-electron chi connectivity index (χ0n) is 45.2. The van der Waals surface area contributed by atoms with Crippen molar-refractivity contribution in [2.45, 2.75) is 247 Å². The topological polar surface area (TPSA) is 335 Å². The maximum Gasteiger partial charge on any atom is 0.187 e. The third kappa shape index (κ3) is 8.96. The van der Waals surface area contributed by atoms with Crippen LogP contribution in [0.4, 0.5) is 0 Å². The van der Waals surface area contributed by atoms with Crippen molar-refractivity contribution in [2.75, 3.05) is 26.4 Å². The number of hydrogen-bond acceptors (Lipinski definition) is 22. The fourth-order valence-electron chi connectivity index (χ4n) is 17.2. The van der Waals surface area contributed by atoms with E-state index in [1.54, 1.807) is 0 Å². The SMILES string of the molecule is C=C(C)[C@@H](C)C[C@H]1O[C@]23C[C@]4(CO2)[C@H](CC[C@@H]2[C@@]5(C)CC[C@H](O[C@@H]6O[C@H](CO)[C@H](O)[C@@H](O[C@@H]7O[C@H](C)[C@H](O)[C@H](O[C@@H]8O[C@H](CO[C@@H]9OC[C@@H](O)[C@@H](O)[C@@H]9O)[C@@H](O)[C@@H](O)[C@H]8O)[C@H]7O)[C@H]6O)C(C)(C)[C@@H]5CC[C@]24C)[C@H]3[C@@]1(C)O.